The van der Waals surface area contributed by atoms with E-state index in [-0.39, 0.29) is 18.4 Å². The van der Waals surface area contributed by atoms with Crippen molar-refractivity contribution in [3.8, 4) is 0 Å². The quantitative estimate of drug-likeness (QED) is 0.760. The minimum absolute atomic E-state index is 0.0643. The van der Waals surface area contributed by atoms with E-state index in [2.05, 4.69) is 16.0 Å². The maximum atomic E-state index is 12.4. The molecule has 0 radical (unpaired) electrons. The van der Waals surface area contributed by atoms with Crippen molar-refractivity contribution in [1.82, 2.24) is 10.6 Å². The molecule has 0 saturated carbocycles. The molecule has 6 heteroatoms. The molecule has 1 aromatic rings. The van der Waals surface area contributed by atoms with Crippen molar-refractivity contribution in [3.63, 3.8) is 0 Å². The first-order valence-electron chi connectivity index (χ1n) is 7.89. The third-order valence-corrected chi connectivity index (χ3v) is 4.37. The molecule has 0 bridgehead atoms. The van der Waals surface area contributed by atoms with E-state index in [1.54, 1.807) is 7.11 Å². The number of ether oxygens (including phenoxy) is 1. The summed E-state index contributed by atoms with van der Waals surface area (Å²) < 4.78 is 5.45. The molecule has 1 aliphatic rings. The first-order valence-corrected chi connectivity index (χ1v) is 7.89. The molecule has 3 N–H and O–H groups in total. The Kier molecular flexibility index (Phi) is 5.74. The van der Waals surface area contributed by atoms with Crippen LogP contribution in [-0.4, -0.2) is 44.2 Å². The van der Waals surface area contributed by atoms with Crippen LogP contribution in [0.15, 0.2) is 18.2 Å². The molecule has 0 atom stereocenters. The monoisotopic (exact) mass is 319 g/mol. The first kappa shape index (κ1) is 17.4. The van der Waals surface area contributed by atoms with Gasteiger partial charge >= 0.3 is 0 Å². The molecule has 0 spiro atoms. The molecule has 23 heavy (non-hydrogen) atoms. The van der Waals surface area contributed by atoms with Gasteiger partial charge in [-0.25, -0.2) is 0 Å². The van der Waals surface area contributed by atoms with Crippen LogP contribution in [-0.2, 0) is 14.3 Å². The predicted octanol–water partition coefficient (Wildman–Crippen LogP) is 1.13. The first-order chi connectivity index (χ1) is 11.0. The Balaban J connectivity index is 1.92. The van der Waals surface area contributed by atoms with E-state index in [0.29, 0.717) is 12.8 Å². The number of nitrogens with one attached hydrogen (secondary N) is 3. The zero-order valence-corrected chi connectivity index (χ0v) is 14.0. The molecule has 1 aromatic carbocycles. The van der Waals surface area contributed by atoms with Crippen LogP contribution in [0.25, 0.3) is 0 Å². The highest BCUT2D eigenvalue weighted by Gasteiger charge is 2.39. The smallest absolute Gasteiger partial charge is 0.252 e. The summed E-state index contributed by atoms with van der Waals surface area (Å²) >= 11 is 0. The number of para-hydroxylation sites is 1. The van der Waals surface area contributed by atoms with Gasteiger partial charge in [0, 0.05) is 12.8 Å². The second-order valence-corrected chi connectivity index (χ2v) is 5.95. The summed E-state index contributed by atoms with van der Waals surface area (Å²) in [5, 5.41) is 8.76. The van der Waals surface area contributed by atoms with Crippen LogP contribution in [0.5, 0.6) is 0 Å². The number of amides is 2. The van der Waals surface area contributed by atoms with Crippen molar-refractivity contribution >= 4 is 17.5 Å². The summed E-state index contributed by atoms with van der Waals surface area (Å²) in [5.74, 6) is -0.464. The van der Waals surface area contributed by atoms with Crippen molar-refractivity contribution in [1.29, 1.82) is 0 Å². The molecule has 1 heterocycles. The third-order valence-electron chi connectivity index (χ3n) is 4.37. The van der Waals surface area contributed by atoms with E-state index in [1.165, 1.54) is 0 Å². The number of benzene rings is 1. The lowest BCUT2D eigenvalue weighted by molar-refractivity contribution is -0.147. The highest BCUT2D eigenvalue weighted by Crippen LogP contribution is 2.22. The number of carbonyl (C=O) groups excluding carboxylic acids is 2. The third kappa shape index (κ3) is 4.09. The van der Waals surface area contributed by atoms with Gasteiger partial charge in [0.2, 0.25) is 5.91 Å². The van der Waals surface area contributed by atoms with Crippen LogP contribution in [0.2, 0.25) is 0 Å². The zero-order valence-electron chi connectivity index (χ0n) is 14.0. The highest BCUT2D eigenvalue weighted by atomic mass is 16.5. The lowest BCUT2D eigenvalue weighted by atomic mass is 9.91. The Hall–Kier alpha value is -1.92. The van der Waals surface area contributed by atoms with Gasteiger partial charge in [-0.15, -0.1) is 0 Å². The van der Waals surface area contributed by atoms with Gasteiger partial charge < -0.3 is 20.7 Å². The van der Waals surface area contributed by atoms with Crippen LogP contribution in [0.3, 0.4) is 0 Å². The fraction of sp³-hybridized carbons (Fsp3) is 0.529. The van der Waals surface area contributed by atoms with Gasteiger partial charge in [0.1, 0.15) is 5.60 Å². The van der Waals surface area contributed by atoms with Crippen molar-refractivity contribution in [2.24, 2.45) is 0 Å². The maximum absolute atomic E-state index is 12.4. The van der Waals surface area contributed by atoms with Gasteiger partial charge in [0.25, 0.3) is 5.91 Å². The van der Waals surface area contributed by atoms with Crippen LogP contribution in [0.4, 0.5) is 5.69 Å². The van der Waals surface area contributed by atoms with Crippen molar-refractivity contribution in [2.45, 2.75) is 32.3 Å². The molecular formula is C17H25N3O3. The fourth-order valence-corrected chi connectivity index (χ4v) is 2.87. The lowest BCUT2D eigenvalue weighted by Gasteiger charge is -2.34. The predicted molar refractivity (Wildman–Crippen MR) is 89.4 cm³/mol. The largest absolute Gasteiger partial charge is 0.368 e. The number of aryl methyl sites for hydroxylation is 2. The van der Waals surface area contributed by atoms with Crippen molar-refractivity contribution < 1.29 is 14.3 Å². The number of piperidine rings is 1. The summed E-state index contributed by atoms with van der Waals surface area (Å²) in [6.07, 6.45) is 1.21. The Morgan fingerprint density at radius 2 is 1.83 bits per heavy atom. The normalized spacial score (nSPS) is 16.7. The molecular weight excluding hydrogens is 294 g/mol. The van der Waals surface area contributed by atoms with Crippen molar-refractivity contribution in [3.05, 3.63) is 29.3 Å². The molecule has 1 saturated heterocycles. The van der Waals surface area contributed by atoms with Gasteiger partial charge in [0.15, 0.2) is 0 Å². The Morgan fingerprint density at radius 1 is 1.22 bits per heavy atom. The molecule has 6 nitrogen and oxygen atoms in total. The summed E-state index contributed by atoms with van der Waals surface area (Å²) in [4.78, 5) is 24.5. The molecule has 2 rings (SSSR count). The number of rotatable bonds is 5. The molecule has 0 aromatic heterocycles. The Labute approximate surface area is 137 Å². The number of anilines is 1. The molecule has 0 aliphatic carbocycles. The standard InChI is InChI=1S/C17H25N3O3/c1-12-5-4-6-13(2)15(12)20-14(21)11-19-16(22)17(23-3)7-9-18-10-8-17/h4-6,18H,7-11H2,1-3H3,(H,19,22)(H,20,21). The minimum Gasteiger partial charge on any atom is -0.368 e. The Morgan fingerprint density at radius 3 is 2.39 bits per heavy atom. The van der Waals surface area contributed by atoms with Crippen LogP contribution in [0.1, 0.15) is 24.0 Å². The van der Waals surface area contributed by atoms with E-state index in [4.69, 9.17) is 4.74 Å². The van der Waals surface area contributed by atoms with Crippen molar-refractivity contribution in [2.75, 3.05) is 32.1 Å². The molecule has 1 fully saturated rings. The van der Waals surface area contributed by atoms with Crippen LogP contribution < -0.4 is 16.0 Å². The van der Waals surface area contributed by atoms with E-state index in [1.807, 2.05) is 32.0 Å². The Bertz CT molecular complexity index is 560. The zero-order chi connectivity index (χ0) is 16.9. The second-order valence-electron chi connectivity index (χ2n) is 5.95. The van der Waals surface area contributed by atoms with Gasteiger partial charge in [-0.3, -0.25) is 9.59 Å². The van der Waals surface area contributed by atoms with E-state index in [9.17, 15) is 9.59 Å². The molecule has 126 valence electrons. The lowest BCUT2D eigenvalue weighted by Crippen LogP contribution is -2.55. The SMILES string of the molecule is COC1(C(=O)NCC(=O)Nc2c(C)cccc2C)CCNCC1. The molecule has 1 aliphatic heterocycles. The van der Waals surface area contributed by atoms with Gasteiger partial charge in [-0.05, 0) is 50.9 Å². The van der Waals surface area contributed by atoms with E-state index >= 15 is 0 Å². The summed E-state index contributed by atoms with van der Waals surface area (Å²) in [5.41, 5.74) is 1.97. The summed E-state index contributed by atoms with van der Waals surface area (Å²) in [6.45, 7) is 5.28. The second kappa shape index (κ2) is 7.57. The van der Waals surface area contributed by atoms with Gasteiger partial charge in [0.05, 0.1) is 6.54 Å². The highest BCUT2D eigenvalue weighted by molar-refractivity contribution is 5.97. The minimum atomic E-state index is -0.829. The van der Waals surface area contributed by atoms with Gasteiger partial charge in [-0.1, -0.05) is 18.2 Å². The van der Waals surface area contributed by atoms with Gasteiger partial charge in [-0.2, -0.15) is 0 Å². The van der Waals surface area contributed by atoms with Crippen LogP contribution in [0, 0.1) is 13.8 Å². The van der Waals surface area contributed by atoms with E-state index < -0.39 is 5.60 Å². The maximum Gasteiger partial charge on any atom is 0.252 e. The molecule has 2 amide bonds. The molecule has 0 unspecified atom stereocenters. The number of methoxy groups -OCH3 is 1. The number of hydrogen-bond acceptors (Lipinski definition) is 4. The fourth-order valence-electron chi connectivity index (χ4n) is 2.87. The average molecular weight is 319 g/mol. The summed E-state index contributed by atoms with van der Waals surface area (Å²) in [6, 6.07) is 5.83. The topological polar surface area (TPSA) is 79.5 Å². The van der Waals surface area contributed by atoms with Crippen LogP contribution >= 0.6 is 0 Å². The average Bonchev–Trinajstić information content (AvgIpc) is 2.56. The number of carbonyl (C=O) groups is 2. The summed E-state index contributed by atoms with van der Waals surface area (Å²) in [7, 11) is 1.54. The van der Waals surface area contributed by atoms with E-state index in [0.717, 1.165) is 29.9 Å². The number of hydrogen-bond donors (Lipinski definition) is 3.